The lowest BCUT2D eigenvalue weighted by Crippen LogP contribution is -2.42. The molecule has 100 valence electrons. The van der Waals surface area contributed by atoms with E-state index in [1.54, 1.807) is 18.3 Å². The van der Waals surface area contributed by atoms with E-state index in [0.717, 1.165) is 0 Å². The Labute approximate surface area is 111 Å². The Morgan fingerprint density at radius 3 is 2.95 bits per heavy atom. The highest BCUT2D eigenvalue weighted by molar-refractivity contribution is 5.75. The molecule has 2 rings (SSSR count). The van der Waals surface area contributed by atoms with E-state index in [1.807, 2.05) is 6.07 Å². The fraction of sp³-hybridized carbons (Fsp3) is 0.462. The van der Waals surface area contributed by atoms with Gasteiger partial charge in [0.15, 0.2) is 0 Å². The summed E-state index contributed by atoms with van der Waals surface area (Å²) in [5, 5.41) is 21.4. The SMILES string of the molecule is N#Cc1cccnc1NCC1(C(=O)O)CCOCC1. The largest absolute Gasteiger partial charge is 0.481 e. The number of hydrogen-bond acceptors (Lipinski definition) is 5. The van der Waals surface area contributed by atoms with Gasteiger partial charge >= 0.3 is 5.97 Å². The average molecular weight is 261 g/mol. The number of nitrogens with zero attached hydrogens (tertiary/aromatic N) is 2. The van der Waals surface area contributed by atoms with Gasteiger partial charge in [-0.05, 0) is 25.0 Å². The first-order valence-corrected chi connectivity index (χ1v) is 6.08. The van der Waals surface area contributed by atoms with Crippen LogP contribution in [-0.4, -0.2) is 35.8 Å². The molecule has 1 fully saturated rings. The highest BCUT2D eigenvalue weighted by Crippen LogP contribution is 2.31. The zero-order valence-corrected chi connectivity index (χ0v) is 10.4. The molecule has 0 saturated carbocycles. The summed E-state index contributed by atoms with van der Waals surface area (Å²) in [4.78, 5) is 15.5. The number of nitriles is 1. The summed E-state index contributed by atoms with van der Waals surface area (Å²) in [6, 6.07) is 5.35. The average Bonchev–Trinajstić information content (AvgIpc) is 2.46. The number of nitrogens with one attached hydrogen (secondary N) is 1. The lowest BCUT2D eigenvalue weighted by molar-refractivity contribution is -0.153. The number of rotatable bonds is 4. The number of carbonyl (C=O) groups is 1. The molecule has 1 saturated heterocycles. The summed E-state index contributed by atoms with van der Waals surface area (Å²) in [6.45, 7) is 1.14. The highest BCUT2D eigenvalue weighted by Gasteiger charge is 2.40. The quantitative estimate of drug-likeness (QED) is 0.846. The van der Waals surface area contributed by atoms with E-state index in [1.165, 1.54) is 0 Å². The third-order valence-electron chi connectivity index (χ3n) is 3.43. The summed E-state index contributed by atoms with van der Waals surface area (Å²) in [7, 11) is 0. The van der Waals surface area contributed by atoms with Crippen molar-refractivity contribution < 1.29 is 14.6 Å². The van der Waals surface area contributed by atoms with Crippen LogP contribution in [0.2, 0.25) is 0 Å². The normalized spacial score (nSPS) is 17.4. The van der Waals surface area contributed by atoms with Crippen molar-refractivity contribution >= 4 is 11.8 Å². The molecule has 0 radical (unpaired) electrons. The Kier molecular flexibility index (Phi) is 3.97. The standard InChI is InChI=1S/C13H15N3O3/c14-8-10-2-1-5-15-11(10)16-9-13(12(17)18)3-6-19-7-4-13/h1-2,5H,3-4,6-7,9H2,(H,15,16)(H,17,18). The summed E-state index contributed by atoms with van der Waals surface area (Å²) in [6.07, 6.45) is 2.49. The monoisotopic (exact) mass is 261 g/mol. The van der Waals surface area contributed by atoms with Crippen LogP contribution < -0.4 is 5.32 Å². The third-order valence-corrected chi connectivity index (χ3v) is 3.43. The van der Waals surface area contributed by atoms with Crippen LogP contribution in [0.5, 0.6) is 0 Å². The lowest BCUT2D eigenvalue weighted by Gasteiger charge is -2.33. The minimum Gasteiger partial charge on any atom is -0.481 e. The van der Waals surface area contributed by atoms with Crippen molar-refractivity contribution in [3.05, 3.63) is 23.9 Å². The van der Waals surface area contributed by atoms with E-state index in [4.69, 9.17) is 10.00 Å². The number of carboxylic acid groups (broad SMARTS) is 1. The number of pyridine rings is 1. The smallest absolute Gasteiger partial charge is 0.311 e. The molecule has 0 atom stereocenters. The summed E-state index contributed by atoms with van der Waals surface area (Å²) >= 11 is 0. The summed E-state index contributed by atoms with van der Waals surface area (Å²) in [5.74, 6) is -0.408. The number of aromatic nitrogens is 1. The molecule has 0 aromatic carbocycles. The van der Waals surface area contributed by atoms with Gasteiger partial charge in [0.25, 0.3) is 0 Å². The van der Waals surface area contributed by atoms with Crippen LogP contribution in [-0.2, 0) is 9.53 Å². The molecular weight excluding hydrogens is 246 g/mol. The molecule has 0 unspecified atom stereocenters. The molecule has 19 heavy (non-hydrogen) atoms. The van der Waals surface area contributed by atoms with E-state index in [-0.39, 0.29) is 6.54 Å². The van der Waals surface area contributed by atoms with Crippen molar-refractivity contribution in [1.29, 1.82) is 5.26 Å². The third kappa shape index (κ3) is 2.83. The van der Waals surface area contributed by atoms with Crippen LogP contribution >= 0.6 is 0 Å². The Hall–Kier alpha value is -2.13. The fourth-order valence-corrected chi connectivity index (χ4v) is 2.12. The van der Waals surface area contributed by atoms with Gasteiger partial charge in [-0.25, -0.2) is 4.98 Å². The number of aliphatic carboxylic acids is 1. The molecule has 6 heteroatoms. The van der Waals surface area contributed by atoms with Crippen molar-refractivity contribution in [2.24, 2.45) is 5.41 Å². The van der Waals surface area contributed by atoms with E-state index >= 15 is 0 Å². The van der Waals surface area contributed by atoms with Gasteiger partial charge in [-0.2, -0.15) is 5.26 Å². The molecule has 2 heterocycles. The van der Waals surface area contributed by atoms with Gasteiger partial charge in [0.05, 0.1) is 11.0 Å². The van der Waals surface area contributed by atoms with Crippen LogP contribution in [0.25, 0.3) is 0 Å². The molecule has 0 amide bonds. The van der Waals surface area contributed by atoms with Crippen LogP contribution in [0.1, 0.15) is 18.4 Å². The predicted octanol–water partition coefficient (Wildman–Crippen LogP) is 1.25. The Morgan fingerprint density at radius 1 is 1.58 bits per heavy atom. The first-order valence-electron chi connectivity index (χ1n) is 6.08. The molecule has 0 aliphatic carbocycles. The Balaban J connectivity index is 2.11. The van der Waals surface area contributed by atoms with Gasteiger partial charge < -0.3 is 15.2 Å². The van der Waals surface area contributed by atoms with Gasteiger partial charge in [-0.3, -0.25) is 4.79 Å². The molecule has 1 aromatic rings. The lowest BCUT2D eigenvalue weighted by atomic mass is 9.80. The molecule has 0 spiro atoms. The van der Waals surface area contributed by atoms with E-state index in [0.29, 0.717) is 37.4 Å². The minimum absolute atomic E-state index is 0.247. The van der Waals surface area contributed by atoms with Crippen LogP contribution in [0.15, 0.2) is 18.3 Å². The second-order valence-corrected chi connectivity index (χ2v) is 4.56. The maximum absolute atomic E-state index is 11.5. The van der Waals surface area contributed by atoms with Gasteiger partial charge in [0.2, 0.25) is 0 Å². The van der Waals surface area contributed by atoms with E-state index in [2.05, 4.69) is 10.3 Å². The minimum atomic E-state index is -0.845. The van der Waals surface area contributed by atoms with Crippen molar-refractivity contribution in [3.63, 3.8) is 0 Å². The van der Waals surface area contributed by atoms with Crippen molar-refractivity contribution in [2.75, 3.05) is 25.1 Å². The van der Waals surface area contributed by atoms with Crippen molar-refractivity contribution in [3.8, 4) is 6.07 Å². The van der Waals surface area contributed by atoms with Crippen LogP contribution in [0, 0.1) is 16.7 Å². The summed E-state index contributed by atoms with van der Waals surface area (Å²) < 4.78 is 5.21. The van der Waals surface area contributed by atoms with Crippen LogP contribution in [0.3, 0.4) is 0 Å². The van der Waals surface area contributed by atoms with Gasteiger partial charge in [0, 0.05) is 26.0 Å². The Bertz CT molecular complexity index is 504. The number of anilines is 1. The summed E-state index contributed by atoms with van der Waals surface area (Å²) in [5.41, 5.74) is -0.433. The maximum atomic E-state index is 11.5. The van der Waals surface area contributed by atoms with Crippen molar-refractivity contribution in [1.82, 2.24) is 4.98 Å². The first-order chi connectivity index (χ1) is 9.18. The molecule has 1 aromatic heterocycles. The molecule has 2 N–H and O–H groups in total. The second-order valence-electron chi connectivity index (χ2n) is 4.56. The topological polar surface area (TPSA) is 95.2 Å². The molecule has 1 aliphatic rings. The van der Waals surface area contributed by atoms with E-state index in [9.17, 15) is 9.90 Å². The highest BCUT2D eigenvalue weighted by atomic mass is 16.5. The number of ether oxygens (including phenoxy) is 1. The second kappa shape index (κ2) is 5.67. The van der Waals surface area contributed by atoms with Gasteiger partial charge in [-0.15, -0.1) is 0 Å². The van der Waals surface area contributed by atoms with Crippen molar-refractivity contribution in [2.45, 2.75) is 12.8 Å². The maximum Gasteiger partial charge on any atom is 0.311 e. The fourth-order valence-electron chi connectivity index (χ4n) is 2.12. The predicted molar refractivity (Wildman–Crippen MR) is 67.6 cm³/mol. The zero-order chi connectivity index (χ0) is 13.7. The Morgan fingerprint density at radius 2 is 2.32 bits per heavy atom. The zero-order valence-electron chi connectivity index (χ0n) is 10.4. The molecule has 1 aliphatic heterocycles. The number of carboxylic acids is 1. The number of hydrogen-bond donors (Lipinski definition) is 2. The van der Waals surface area contributed by atoms with Crippen LogP contribution in [0.4, 0.5) is 5.82 Å². The van der Waals surface area contributed by atoms with Gasteiger partial charge in [0.1, 0.15) is 11.9 Å². The molecular formula is C13H15N3O3. The first kappa shape index (κ1) is 13.3. The molecule has 0 bridgehead atoms. The molecule has 6 nitrogen and oxygen atoms in total. The van der Waals surface area contributed by atoms with Gasteiger partial charge in [-0.1, -0.05) is 0 Å². The van der Waals surface area contributed by atoms with E-state index < -0.39 is 11.4 Å².